The van der Waals surface area contributed by atoms with Gasteiger partial charge in [-0.05, 0) is 49.2 Å². The van der Waals surface area contributed by atoms with Crippen molar-refractivity contribution in [1.29, 1.82) is 0 Å². The molecule has 0 spiro atoms. The van der Waals surface area contributed by atoms with E-state index < -0.39 is 10.0 Å². The van der Waals surface area contributed by atoms with Crippen molar-refractivity contribution < 1.29 is 13.2 Å². The second-order valence-electron chi connectivity index (χ2n) is 9.17. The maximum Gasteiger partial charge on any atom is 0.243 e. The van der Waals surface area contributed by atoms with E-state index in [1.54, 1.807) is 30.5 Å². The summed E-state index contributed by atoms with van der Waals surface area (Å²) in [6, 6.07) is 15.2. The van der Waals surface area contributed by atoms with Crippen molar-refractivity contribution in [3.05, 3.63) is 83.0 Å². The van der Waals surface area contributed by atoms with Crippen LogP contribution in [0.2, 0.25) is 5.02 Å². The molecule has 39 heavy (non-hydrogen) atoms. The first kappa shape index (κ1) is 25.6. The lowest BCUT2D eigenvalue weighted by Gasteiger charge is -2.32. The van der Waals surface area contributed by atoms with Crippen molar-refractivity contribution in [1.82, 2.24) is 23.7 Å². The predicted molar refractivity (Wildman–Crippen MR) is 152 cm³/mol. The molecule has 0 unspecified atom stereocenters. The Morgan fingerprint density at radius 1 is 1.10 bits per heavy atom. The summed E-state index contributed by atoms with van der Waals surface area (Å²) in [4.78, 5) is 26.4. The zero-order chi connectivity index (χ0) is 27.0. The molecule has 1 N–H and O–H groups in total. The van der Waals surface area contributed by atoms with Gasteiger partial charge in [-0.2, -0.15) is 4.31 Å². The number of nitrogens with one attached hydrogen (secondary N) is 1. The number of aldehydes is 1. The van der Waals surface area contributed by atoms with Gasteiger partial charge >= 0.3 is 0 Å². The molecule has 2 aromatic carbocycles. The van der Waals surface area contributed by atoms with Gasteiger partial charge in [0, 0.05) is 53.1 Å². The molecule has 12 heteroatoms. The Kier molecular flexibility index (Phi) is 6.90. The first-order valence-corrected chi connectivity index (χ1v) is 15.0. The third-order valence-electron chi connectivity index (χ3n) is 6.63. The topological polar surface area (TPSA) is 110 Å². The van der Waals surface area contributed by atoms with E-state index in [4.69, 9.17) is 21.6 Å². The van der Waals surface area contributed by atoms with Crippen molar-refractivity contribution in [3.8, 4) is 22.6 Å². The van der Waals surface area contributed by atoms with E-state index in [0.29, 0.717) is 47.4 Å². The minimum atomic E-state index is -3.65. The van der Waals surface area contributed by atoms with Crippen LogP contribution in [0.25, 0.3) is 27.6 Å². The van der Waals surface area contributed by atoms with Crippen LogP contribution < -0.4 is 5.32 Å². The van der Waals surface area contributed by atoms with Crippen molar-refractivity contribution in [3.63, 3.8) is 0 Å². The van der Waals surface area contributed by atoms with E-state index in [2.05, 4.69) is 10.3 Å². The number of imidazole rings is 1. The number of benzene rings is 2. The van der Waals surface area contributed by atoms with Crippen LogP contribution in [0.3, 0.4) is 0 Å². The Balaban J connectivity index is 1.28. The number of hydrogen-bond acceptors (Lipinski definition) is 8. The first-order valence-electron chi connectivity index (χ1n) is 12.3. The number of halogens is 1. The number of nitrogens with zero attached hydrogens (tertiary/aromatic N) is 5. The highest BCUT2D eigenvalue weighted by molar-refractivity contribution is 7.89. The highest BCUT2D eigenvalue weighted by Crippen LogP contribution is 2.34. The average molecular weight is 579 g/mol. The molecule has 3 aromatic heterocycles. The van der Waals surface area contributed by atoms with Gasteiger partial charge in [0.2, 0.25) is 16.0 Å². The lowest BCUT2D eigenvalue weighted by molar-refractivity contribution is 0.112. The number of piperidine rings is 1. The smallest absolute Gasteiger partial charge is 0.243 e. The predicted octanol–water partition coefficient (Wildman–Crippen LogP) is 5.25. The lowest BCUT2D eigenvalue weighted by Crippen LogP contribution is -2.45. The molecule has 1 atom stereocenters. The molecule has 0 radical (unpaired) electrons. The van der Waals surface area contributed by atoms with E-state index >= 15 is 0 Å². The van der Waals surface area contributed by atoms with Gasteiger partial charge in [0.15, 0.2) is 4.96 Å². The standard InChI is InChI=1S/C27H23ClN6O3S2/c28-20-6-8-22(9-7-20)39(36,37)33-12-2-5-21(16-33)30-26-29-11-10-23(31-26)25-24(32-27-34(25)13-14-38-27)19-4-1-3-18(15-19)17-35/h1,3-4,6-11,13-15,17,21H,2,5,12,16H2,(H,29,30,31)/t21-/m1/s1. The molecule has 4 heterocycles. The SMILES string of the molecule is O=Cc1cccc(-c2nc3sccn3c2-c2ccnc(N[C@@H]3CCCN(S(=O)(=O)c4ccc(Cl)cc4)C3)n2)c1. The molecular weight excluding hydrogens is 556 g/mol. The molecular formula is C27H23ClN6O3S2. The summed E-state index contributed by atoms with van der Waals surface area (Å²) in [6.45, 7) is 0.739. The minimum absolute atomic E-state index is 0.161. The molecule has 1 fully saturated rings. The van der Waals surface area contributed by atoms with Gasteiger partial charge in [-0.3, -0.25) is 9.20 Å². The third kappa shape index (κ3) is 5.06. The molecule has 0 bridgehead atoms. The highest BCUT2D eigenvalue weighted by Gasteiger charge is 2.30. The quantitative estimate of drug-likeness (QED) is 0.263. The van der Waals surface area contributed by atoms with Crippen molar-refractivity contribution in [2.75, 3.05) is 18.4 Å². The van der Waals surface area contributed by atoms with Crippen LogP contribution >= 0.6 is 22.9 Å². The zero-order valence-corrected chi connectivity index (χ0v) is 23.0. The Morgan fingerprint density at radius 3 is 2.77 bits per heavy atom. The van der Waals surface area contributed by atoms with Gasteiger partial charge < -0.3 is 5.32 Å². The van der Waals surface area contributed by atoms with E-state index in [0.717, 1.165) is 28.9 Å². The van der Waals surface area contributed by atoms with Crippen LogP contribution in [0.1, 0.15) is 23.2 Å². The van der Waals surface area contributed by atoms with Gasteiger partial charge in [-0.1, -0.05) is 29.8 Å². The number of carbonyl (C=O) groups is 1. The molecule has 5 aromatic rings. The monoisotopic (exact) mass is 578 g/mol. The molecule has 0 aliphatic carbocycles. The zero-order valence-electron chi connectivity index (χ0n) is 20.6. The lowest BCUT2D eigenvalue weighted by atomic mass is 10.1. The summed E-state index contributed by atoms with van der Waals surface area (Å²) in [5.74, 6) is 0.404. The van der Waals surface area contributed by atoms with Gasteiger partial charge in [0.1, 0.15) is 12.0 Å². The number of anilines is 1. The first-order chi connectivity index (χ1) is 18.9. The number of hydrogen-bond donors (Lipinski definition) is 1. The molecule has 1 saturated heterocycles. The molecule has 0 saturated carbocycles. The van der Waals surface area contributed by atoms with Gasteiger partial charge in [-0.15, -0.1) is 11.3 Å². The van der Waals surface area contributed by atoms with Crippen LogP contribution in [0.4, 0.5) is 5.95 Å². The second kappa shape index (κ2) is 10.5. The third-order valence-corrected chi connectivity index (χ3v) is 9.51. The van der Waals surface area contributed by atoms with Crippen LogP contribution in [0, 0.1) is 0 Å². The molecule has 0 amide bonds. The van der Waals surface area contributed by atoms with Gasteiger partial charge in [0.25, 0.3) is 0 Å². The van der Waals surface area contributed by atoms with E-state index in [9.17, 15) is 13.2 Å². The largest absolute Gasteiger partial charge is 0.350 e. The molecule has 6 rings (SSSR count). The fourth-order valence-electron chi connectivity index (χ4n) is 4.77. The Hall–Kier alpha value is -3.64. The number of carbonyl (C=O) groups excluding carboxylic acids is 1. The molecule has 1 aliphatic rings. The van der Waals surface area contributed by atoms with Crippen LogP contribution in [-0.4, -0.2) is 57.5 Å². The van der Waals surface area contributed by atoms with E-state index in [1.807, 2.05) is 34.2 Å². The summed E-state index contributed by atoms with van der Waals surface area (Å²) in [7, 11) is -3.65. The Labute approximate surface area is 234 Å². The Morgan fingerprint density at radius 2 is 1.95 bits per heavy atom. The van der Waals surface area contributed by atoms with E-state index in [-0.39, 0.29) is 10.9 Å². The fraction of sp³-hybridized carbons (Fsp3) is 0.185. The molecule has 9 nitrogen and oxygen atoms in total. The minimum Gasteiger partial charge on any atom is -0.350 e. The number of rotatable bonds is 7. The number of fused-ring (bicyclic) bond motifs is 1. The fourth-order valence-corrected chi connectivity index (χ4v) is 7.13. The maximum absolute atomic E-state index is 13.2. The highest BCUT2D eigenvalue weighted by atomic mass is 35.5. The van der Waals surface area contributed by atoms with E-state index in [1.165, 1.54) is 27.8 Å². The summed E-state index contributed by atoms with van der Waals surface area (Å²) >= 11 is 7.45. The van der Waals surface area contributed by atoms with Crippen LogP contribution in [0.5, 0.6) is 0 Å². The van der Waals surface area contributed by atoms with Crippen molar-refractivity contribution >= 4 is 50.2 Å². The number of sulfonamides is 1. The molecule has 198 valence electrons. The van der Waals surface area contributed by atoms with Crippen LogP contribution in [-0.2, 0) is 10.0 Å². The second-order valence-corrected chi connectivity index (χ2v) is 12.4. The summed E-state index contributed by atoms with van der Waals surface area (Å²) in [5, 5.41) is 5.78. The number of aromatic nitrogens is 4. The van der Waals surface area contributed by atoms with Crippen molar-refractivity contribution in [2.45, 2.75) is 23.8 Å². The molecule has 1 aliphatic heterocycles. The van der Waals surface area contributed by atoms with Gasteiger partial charge in [0.05, 0.1) is 16.3 Å². The van der Waals surface area contributed by atoms with Crippen LogP contribution in [0.15, 0.2) is 77.3 Å². The van der Waals surface area contributed by atoms with Crippen molar-refractivity contribution in [2.24, 2.45) is 0 Å². The summed E-state index contributed by atoms with van der Waals surface area (Å²) in [6.07, 6.45) is 5.91. The van der Waals surface area contributed by atoms with Gasteiger partial charge in [-0.25, -0.2) is 23.4 Å². The average Bonchev–Trinajstić information content (AvgIpc) is 3.55. The maximum atomic E-state index is 13.2. The number of thiazole rings is 1. The Bertz CT molecular complexity index is 1770. The summed E-state index contributed by atoms with van der Waals surface area (Å²) in [5.41, 5.74) is 3.54. The summed E-state index contributed by atoms with van der Waals surface area (Å²) < 4.78 is 29.9. The normalized spacial score (nSPS) is 16.4.